The number of rotatable bonds is 2. The third kappa shape index (κ3) is 2.27. The van der Waals surface area contributed by atoms with E-state index in [-0.39, 0.29) is 5.82 Å². The maximum atomic E-state index is 13.0. The molecule has 20 heavy (non-hydrogen) atoms. The van der Waals surface area contributed by atoms with Gasteiger partial charge in [0.05, 0.1) is 5.69 Å². The summed E-state index contributed by atoms with van der Waals surface area (Å²) in [4.78, 5) is 0. The highest BCUT2D eigenvalue weighted by Gasteiger charge is 2.14. The smallest absolute Gasteiger partial charge is 0.188 e. The predicted molar refractivity (Wildman–Crippen MR) is 76.7 cm³/mol. The summed E-state index contributed by atoms with van der Waals surface area (Å²) in [5.74, 6) is 0.212. The van der Waals surface area contributed by atoms with Gasteiger partial charge in [-0.05, 0) is 52.9 Å². The Morgan fingerprint density at radius 1 is 1.10 bits per heavy atom. The first-order valence-corrected chi connectivity index (χ1v) is 6.54. The molecule has 0 unspecified atom stereocenters. The van der Waals surface area contributed by atoms with E-state index in [4.69, 9.17) is 5.73 Å². The van der Waals surface area contributed by atoms with Crippen LogP contribution in [0.2, 0.25) is 0 Å². The monoisotopic (exact) mass is 333 g/mol. The van der Waals surface area contributed by atoms with Gasteiger partial charge in [0, 0.05) is 15.7 Å². The van der Waals surface area contributed by atoms with E-state index in [0.717, 1.165) is 10.0 Å². The van der Waals surface area contributed by atoms with Gasteiger partial charge < -0.3 is 5.73 Å². The van der Waals surface area contributed by atoms with Crippen molar-refractivity contribution in [3.63, 3.8) is 0 Å². The van der Waals surface area contributed by atoms with E-state index in [0.29, 0.717) is 17.2 Å². The summed E-state index contributed by atoms with van der Waals surface area (Å²) in [6, 6.07) is 11.3. The molecule has 0 fully saturated rings. The fourth-order valence-corrected chi connectivity index (χ4v) is 2.25. The molecule has 3 rings (SSSR count). The number of halogens is 2. The average molecular weight is 334 g/mol. The first-order valence-electron chi connectivity index (χ1n) is 5.75. The Morgan fingerprint density at radius 2 is 1.85 bits per heavy atom. The van der Waals surface area contributed by atoms with Crippen molar-refractivity contribution in [2.24, 2.45) is 0 Å². The van der Waals surface area contributed by atoms with Gasteiger partial charge in [0.1, 0.15) is 5.82 Å². The lowest BCUT2D eigenvalue weighted by molar-refractivity contribution is 0.627. The topological polar surface area (TPSA) is 69.6 Å². The van der Waals surface area contributed by atoms with E-state index < -0.39 is 0 Å². The van der Waals surface area contributed by atoms with E-state index in [1.807, 2.05) is 6.07 Å². The third-order valence-corrected chi connectivity index (χ3v) is 3.46. The average Bonchev–Trinajstić information content (AvgIpc) is 2.91. The Morgan fingerprint density at radius 3 is 2.60 bits per heavy atom. The van der Waals surface area contributed by atoms with Gasteiger partial charge in [0.2, 0.25) is 0 Å². The van der Waals surface area contributed by atoms with Crippen LogP contribution in [0.25, 0.3) is 17.1 Å². The van der Waals surface area contributed by atoms with Crippen LogP contribution in [0.5, 0.6) is 0 Å². The van der Waals surface area contributed by atoms with Crippen molar-refractivity contribution in [3.05, 3.63) is 52.8 Å². The summed E-state index contributed by atoms with van der Waals surface area (Å²) in [5.41, 5.74) is 7.83. The molecule has 2 N–H and O–H groups in total. The second-order valence-corrected chi connectivity index (χ2v) is 4.98. The highest BCUT2D eigenvalue weighted by atomic mass is 79.9. The molecule has 1 heterocycles. The third-order valence-electron chi connectivity index (χ3n) is 2.77. The van der Waals surface area contributed by atoms with Crippen molar-refractivity contribution in [1.82, 2.24) is 20.2 Å². The highest BCUT2D eigenvalue weighted by Crippen LogP contribution is 2.29. The van der Waals surface area contributed by atoms with Gasteiger partial charge >= 0.3 is 0 Å². The number of benzene rings is 2. The van der Waals surface area contributed by atoms with E-state index in [1.54, 1.807) is 24.3 Å². The molecule has 0 aliphatic heterocycles. The molecule has 0 aliphatic carbocycles. The largest absolute Gasteiger partial charge is 0.399 e. The predicted octanol–water partition coefficient (Wildman–Crippen LogP) is 2.81. The second kappa shape index (κ2) is 5.01. The quantitative estimate of drug-likeness (QED) is 0.732. The molecule has 0 radical (unpaired) electrons. The fourth-order valence-electron chi connectivity index (χ4n) is 1.83. The summed E-state index contributed by atoms with van der Waals surface area (Å²) in [6.45, 7) is 0. The number of nitrogens with zero attached hydrogens (tertiary/aromatic N) is 4. The van der Waals surface area contributed by atoms with Gasteiger partial charge in [-0.3, -0.25) is 0 Å². The first-order chi connectivity index (χ1) is 9.65. The van der Waals surface area contributed by atoms with Crippen LogP contribution in [0.3, 0.4) is 0 Å². The van der Waals surface area contributed by atoms with Gasteiger partial charge in [-0.25, -0.2) is 4.39 Å². The normalized spacial score (nSPS) is 10.7. The zero-order valence-electron chi connectivity index (χ0n) is 10.2. The van der Waals surface area contributed by atoms with Gasteiger partial charge in [-0.1, -0.05) is 15.9 Å². The zero-order chi connectivity index (χ0) is 14.1. The lowest BCUT2D eigenvalue weighted by Crippen LogP contribution is -2.00. The maximum Gasteiger partial charge on any atom is 0.188 e. The fraction of sp³-hybridized carbons (Fsp3) is 0. The number of aromatic nitrogens is 4. The molecule has 0 atom stereocenters. The van der Waals surface area contributed by atoms with Gasteiger partial charge in [-0.15, -0.1) is 5.10 Å². The van der Waals surface area contributed by atoms with E-state index in [9.17, 15) is 4.39 Å². The first kappa shape index (κ1) is 12.7. The molecule has 3 aromatic rings. The summed E-state index contributed by atoms with van der Waals surface area (Å²) in [6.07, 6.45) is 0. The number of hydrogen-bond acceptors (Lipinski definition) is 4. The van der Waals surface area contributed by atoms with Gasteiger partial charge in [0.15, 0.2) is 5.82 Å². The number of anilines is 1. The Balaban J connectivity index is 2.15. The van der Waals surface area contributed by atoms with Crippen LogP contribution >= 0.6 is 15.9 Å². The molecule has 0 saturated carbocycles. The number of nitrogens with two attached hydrogens (primary N) is 1. The molecule has 0 saturated heterocycles. The van der Waals surface area contributed by atoms with Crippen LogP contribution < -0.4 is 5.73 Å². The van der Waals surface area contributed by atoms with Crippen molar-refractivity contribution >= 4 is 21.6 Å². The van der Waals surface area contributed by atoms with E-state index >= 15 is 0 Å². The molecule has 100 valence electrons. The number of tetrazole rings is 1. The minimum Gasteiger partial charge on any atom is -0.399 e. The van der Waals surface area contributed by atoms with Crippen LogP contribution in [0.1, 0.15) is 0 Å². The highest BCUT2D eigenvalue weighted by molar-refractivity contribution is 9.10. The summed E-state index contributed by atoms with van der Waals surface area (Å²) in [5, 5.41) is 11.6. The zero-order valence-corrected chi connectivity index (χ0v) is 11.7. The van der Waals surface area contributed by atoms with Gasteiger partial charge in [0.25, 0.3) is 0 Å². The molecule has 7 heteroatoms. The Hall–Kier alpha value is -2.28. The number of nitrogen functional groups attached to an aromatic ring is 1. The van der Waals surface area contributed by atoms with Crippen LogP contribution in [-0.2, 0) is 0 Å². The number of hydrogen-bond donors (Lipinski definition) is 1. The molecular weight excluding hydrogens is 325 g/mol. The van der Waals surface area contributed by atoms with Crippen molar-refractivity contribution < 1.29 is 4.39 Å². The SMILES string of the molecule is Nc1ccc(Br)c(-c2nnnn2-c2ccc(F)cc2)c1. The molecule has 0 aliphatic rings. The van der Waals surface area contributed by atoms with E-state index in [1.165, 1.54) is 16.8 Å². The van der Waals surface area contributed by atoms with E-state index in [2.05, 4.69) is 31.5 Å². The molecule has 2 aromatic carbocycles. The molecular formula is C13H9BrFN5. The standard InChI is InChI=1S/C13H9BrFN5/c14-12-6-3-9(16)7-11(12)13-17-18-19-20(13)10-4-1-8(15)2-5-10/h1-7H,16H2. The van der Waals surface area contributed by atoms with Gasteiger partial charge in [-0.2, -0.15) is 4.68 Å². The molecule has 0 spiro atoms. The van der Waals surface area contributed by atoms with Crippen LogP contribution in [-0.4, -0.2) is 20.2 Å². The molecule has 5 nitrogen and oxygen atoms in total. The van der Waals surface area contributed by atoms with Crippen LogP contribution in [0.4, 0.5) is 10.1 Å². The summed E-state index contributed by atoms with van der Waals surface area (Å²) < 4.78 is 15.3. The summed E-state index contributed by atoms with van der Waals surface area (Å²) >= 11 is 3.45. The van der Waals surface area contributed by atoms with Crippen LogP contribution in [0.15, 0.2) is 46.9 Å². The molecule has 1 aromatic heterocycles. The van der Waals surface area contributed by atoms with Crippen molar-refractivity contribution in [2.45, 2.75) is 0 Å². The lowest BCUT2D eigenvalue weighted by atomic mass is 10.2. The Labute approximate surface area is 122 Å². The molecule has 0 bridgehead atoms. The Bertz CT molecular complexity index is 754. The van der Waals surface area contributed by atoms with Crippen molar-refractivity contribution in [2.75, 3.05) is 5.73 Å². The van der Waals surface area contributed by atoms with Crippen molar-refractivity contribution in [1.29, 1.82) is 0 Å². The Kier molecular flexibility index (Phi) is 3.19. The lowest BCUT2D eigenvalue weighted by Gasteiger charge is -2.07. The van der Waals surface area contributed by atoms with Crippen LogP contribution in [0, 0.1) is 5.82 Å². The summed E-state index contributed by atoms with van der Waals surface area (Å²) in [7, 11) is 0. The maximum absolute atomic E-state index is 13.0. The minimum atomic E-state index is -0.312. The van der Waals surface area contributed by atoms with Crippen molar-refractivity contribution in [3.8, 4) is 17.1 Å². The molecule has 0 amide bonds. The minimum absolute atomic E-state index is 0.312. The second-order valence-electron chi connectivity index (χ2n) is 4.13.